The lowest BCUT2D eigenvalue weighted by Gasteiger charge is -2.15. The number of carbonyl (C=O) groups is 1. The predicted octanol–water partition coefficient (Wildman–Crippen LogP) is 1.19. The topological polar surface area (TPSA) is 81.1 Å². The Balaban J connectivity index is 3.15. The molecule has 4 nitrogen and oxygen atoms in total. The van der Waals surface area contributed by atoms with Gasteiger partial charge in [0.1, 0.15) is 0 Å². The molecule has 4 heteroatoms. The zero-order valence-electron chi connectivity index (χ0n) is 8.37. The van der Waals surface area contributed by atoms with E-state index >= 15 is 0 Å². The summed E-state index contributed by atoms with van der Waals surface area (Å²) >= 11 is 0. The molecule has 0 aliphatic carbocycles. The van der Waals surface area contributed by atoms with Gasteiger partial charge in [-0.25, -0.2) is 0 Å². The van der Waals surface area contributed by atoms with Crippen LogP contribution in [0.5, 0.6) is 0 Å². The number of anilines is 2. The molecule has 0 aliphatic rings. The van der Waals surface area contributed by atoms with Crippen molar-refractivity contribution < 1.29 is 4.79 Å². The third-order valence-electron chi connectivity index (χ3n) is 1.80. The summed E-state index contributed by atoms with van der Waals surface area (Å²) in [6, 6.07) is 5.30. The Morgan fingerprint density at radius 3 is 2.57 bits per heavy atom. The molecule has 0 aromatic heterocycles. The van der Waals surface area contributed by atoms with Gasteiger partial charge < -0.3 is 16.8 Å². The number of nitrogens with one attached hydrogen (secondary N) is 1. The number of para-hydroxylation sites is 1. The minimum absolute atomic E-state index is 0.206. The van der Waals surface area contributed by atoms with Gasteiger partial charge in [-0.15, -0.1) is 0 Å². The number of amides is 1. The number of rotatable bonds is 3. The van der Waals surface area contributed by atoms with Gasteiger partial charge in [-0.1, -0.05) is 6.07 Å². The van der Waals surface area contributed by atoms with Gasteiger partial charge in [0.05, 0.1) is 16.9 Å². The van der Waals surface area contributed by atoms with Gasteiger partial charge in [0, 0.05) is 6.04 Å². The Morgan fingerprint density at radius 1 is 1.43 bits per heavy atom. The first-order chi connectivity index (χ1) is 6.52. The van der Waals surface area contributed by atoms with Crippen LogP contribution in [0.25, 0.3) is 0 Å². The summed E-state index contributed by atoms with van der Waals surface area (Å²) in [7, 11) is 0. The van der Waals surface area contributed by atoms with E-state index in [4.69, 9.17) is 11.5 Å². The van der Waals surface area contributed by atoms with E-state index in [1.807, 2.05) is 13.8 Å². The smallest absolute Gasteiger partial charge is 0.250 e. The number of nitrogens with two attached hydrogens (primary N) is 2. The Bertz CT molecular complexity index is 347. The largest absolute Gasteiger partial charge is 0.397 e. The van der Waals surface area contributed by atoms with Crippen molar-refractivity contribution in [3.05, 3.63) is 23.8 Å². The van der Waals surface area contributed by atoms with Crippen molar-refractivity contribution in [2.24, 2.45) is 5.73 Å². The molecule has 0 heterocycles. The Morgan fingerprint density at radius 2 is 2.07 bits per heavy atom. The molecule has 5 N–H and O–H groups in total. The molecule has 1 aromatic carbocycles. The van der Waals surface area contributed by atoms with Crippen molar-refractivity contribution in [3.63, 3.8) is 0 Å². The molecule has 0 spiro atoms. The molecule has 0 bridgehead atoms. The fraction of sp³-hybridized carbons (Fsp3) is 0.300. The van der Waals surface area contributed by atoms with Crippen molar-refractivity contribution in [1.82, 2.24) is 0 Å². The highest BCUT2D eigenvalue weighted by Crippen LogP contribution is 2.23. The van der Waals surface area contributed by atoms with Crippen molar-refractivity contribution in [3.8, 4) is 0 Å². The van der Waals surface area contributed by atoms with E-state index in [1.165, 1.54) is 0 Å². The number of hydrogen-bond donors (Lipinski definition) is 3. The molecule has 0 atom stereocenters. The molecule has 0 saturated carbocycles. The molecule has 0 unspecified atom stereocenters. The molecule has 1 aromatic rings. The third-order valence-corrected chi connectivity index (χ3v) is 1.80. The maximum Gasteiger partial charge on any atom is 0.250 e. The normalized spacial score (nSPS) is 10.2. The van der Waals surface area contributed by atoms with Gasteiger partial charge >= 0.3 is 0 Å². The van der Waals surface area contributed by atoms with Gasteiger partial charge in [0.15, 0.2) is 0 Å². The number of carbonyl (C=O) groups excluding carboxylic acids is 1. The SMILES string of the molecule is CC(C)Nc1c(N)cccc1C(N)=O. The van der Waals surface area contributed by atoms with Crippen LogP contribution >= 0.6 is 0 Å². The second-order valence-corrected chi connectivity index (χ2v) is 3.43. The third kappa shape index (κ3) is 2.16. The summed E-state index contributed by atoms with van der Waals surface area (Å²) in [5, 5.41) is 3.10. The van der Waals surface area contributed by atoms with Gasteiger partial charge in [-0.2, -0.15) is 0 Å². The first kappa shape index (κ1) is 10.4. The molecule has 14 heavy (non-hydrogen) atoms. The maximum atomic E-state index is 11.1. The Labute approximate surface area is 83.3 Å². The Kier molecular flexibility index (Phi) is 2.96. The average Bonchev–Trinajstić information content (AvgIpc) is 2.07. The fourth-order valence-corrected chi connectivity index (χ4v) is 1.23. The number of benzene rings is 1. The molecular weight excluding hydrogens is 178 g/mol. The van der Waals surface area contributed by atoms with E-state index in [2.05, 4.69) is 5.32 Å². The molecular formula is C10H15N3O. The number of primary amides is 1. The quantitative estimate of drug-likeness (QED) is 0.631. The first-order valence-electron chi connectivity index (χ1n) is 4.47. The summed E-state index contributed by atoms with van der Waals surface area (Å²) in [5.74, 6) is -0.472. The van der Waals surface area contributed by atoms with Gasteiger partial charge in [0.25, 0.3) is 5.91 Å². The predicted molar refractivity (Wildman–Crippen MR) is 58.1 cm³/mol. The van der Waals surface area contributed by atoms with Crippen LogP contribution in [0.4, 0.5) is 11.4 Å². The average molecular weight is 193 g/mol. The van der Waals surface area contributed by atoms with E-state index in [0.29, 0.717) is 16.9 Å². The molecule has 0 aliphatic heterocycles. The zero-order valence-corrected chi connectivity index (χ0v) is 8.37. The summed E-state index contributed by atoms with van der Waals surface area (Å²) < 4.78 is 0. The van der Waals surface area contributed by atoms with Crippen LogP contribution < -0.4 is 16.8 Å². The van der Waals surface area contributed by atoms with Crippen molar-refractivity contribution in [1.29, 1.82) is 0 Å². The minimum Gasteiger partial charge on any atom is -0.397 e. The minimum atomic E-state index is -0.472. The highest BCUT2D eigenvalue weighted by atomic mass is 16.1. The second kappa shape index (κ2) is 4.00. The van der Waals surface area contributed by atoms with Crippen molar-refractivity contribution in [2.45, 2.75) is 19.9 Å². The molecule has 0 fully saturated rings. The summed E-state index contributed by atoms with van der Waals surface area (Å²) in [4.78, 5) is 11.1. The fourth-order valence-electron chi connectivity index (χ4n) is 1.23. The van der Waals surface area contributed by atoms with E-state index in [9.17, 15) is 4.79 Å². The van der Waals surface area contributed by atoms with Gasteiger partial charge in [-0.3, -0.25) is 4.79 Å². The summed E-state index contributed by atoms with van der Waals surface area (Å²) in [6.45, 7) is 3.94. The maximum absolute atomic E-state index is 11.1. The van der Waals surface area contributed by atoms with Gasteiger partial charge in [-0.05, 0) is 26.0 Å². The first-order valence-corrected chi connectivity index (χ1v) is 4.47. The zero-order chi connectivity index (χ0) is 10.7. The monoisotopic (exact) mass is 193 g/mol. The Hall–Kier alpha value is -1.71. The number of nitrogen functional groups attached to an aromatic ring is 1. The molecule has 0 saturated heterocycles. The summed E-state index contributed by atoms with van der Waals surface area (Å²) in [5.41, 5.74) is 12.5. The molecule has 1 rings (SSSR count). The lowest BCUT2D eigenvalue weighted by molar-refractivity contribution is 0.100. The van der Waals surface area contributed by atoms with Crippen LogP contribution in [0.2, 0.25) is 0 Å². The molecule has 76 valence electrons. The molecule has 1 amide bonds. The van der Waals surface area contributed by atoms with Crippen LogP contribution in [0.3, 0.4) is 0 Å². The van der Waals surface area contributed by atoms with E-state index in [0.717, 1.165) is 0 Å². The highest BCUT2D eigenvalue weighted by Gasteiger charge is 2.10. The van der Waals surface area contributed by atoms with E-state index in [-0.39, 0.29) is 6.04 Å². The standard InChI is InChI=1S/C10H15N3O/c1-6(2)13-9-7(10(12)14)4-3-5-8(9)11/h3-6,13H,11H2,1-2H3,(H2,12,14). The van der Waals surface area contributed by atoms with Crippen LogP contribution in [0, 0.1) is 0 Å². The van der Waals surface area contributed by atoms with E-state index in [1.54, 1.807) is 18.2 Å². The van der Waals surface area contributed by atoms with Crippen LogP contribution in [0.1, 0.15) is 24.2 Å². The van der Waals surface area contributed by atoms with Crippen molar-refractivity contribution >= 4 is 17.3 Å². The van der Waals surface area contributed by atoms with Crippen LogP contribution in [-0.4, -0.2) is 11.9 Å². The van der Waals surface area contributed by atoms with E-state index < -0.39 is 5.91 Å². The van der Waals surface area contributed by atoms with Crippen LogP contribution in [0.15, 0.2) is 18.2 Å². The number of hydrogen-bond acceptors (Lipinski definition) is 3. The molecule has 0 radical (unpaired) electrons. The summed E-state index contributed by atoms with van der Waals surface area (Å²) in [6.07, 6.45) is 0. The highest BCUT2D eigenvalue weighted by molar-refractivity contribution is 6.01. The van der Waals surface area contributed by atoms with Gasteiger partial charge in [0.2, 0.25) is 0 Å². The second-order valence-electron chi connectivity index (χ2n) is 3.43. The van der Waals surface area contributed by atoms with Crippen molar-refractivity contribution in [2.75, 3.05) is 11.1 Å². The van der Waals surface area contributed by atoms with Crippen LogP contribution in [-0.2, 0) is 0 Å². The lowest BCUT2D eigenvalue weighted by atomic mass is 10.1. The lowest BCUT2D eigenvalue weighted by Crippen LogP contribution is -2.18.